The first-order valence-corrected chi connectivity index (χ1v) is 6.61. The molecule has 4 heteroatoms. The molecule has 1 N–H and O–H groups in total. The largest absolute Gasteiger partial charge is 0.384 e. The summed E-state index contributed by atoms with van der Waals surface area (Å²) in [5, 5.41) is 12.5. The second-order valence-corrected chi connectivity index (χ2v) is 5.44. The SMILES string of the molecule is COCCSCCC(C)(C#N)NC1CC1. The van der Waals surface area contributed by atoms with E-state index in [2.05, 4.69) is 11.4 Å². The Balaban J connectivity index is 2.12. The Hall–Kier alpha value is -0.240. The number of hydrogen-bond donors (Lipinski definition) is 1. The topological polar surface area (TPSA) is 45.0 Å². The van der Waals surface area contributed by atoms with Crippen molar-refractivity contribution in [1.82, 2.24) is 5.32 Å². The molecule has 0 heterocycles. The Morgan fingerprint density at radius 2 is 2.27 bits per heavy atom. The predicted octanol–water partition coefficient (Wildman–Crippen LogP) is 1.79. The van der Waals surface area contributed by atoms with Crippen LogP contribution >= 0.6 is 11.8 Å². The van der Waals surface area contributed by atoms with Crippen molar-refractivity contribution in [2.24, 2.45) is 0 Å². The van der Waals surface area contributed by atoms with Gasteiger partial charge < -0.3 is 4.74 Å². The summed E-state index contributed by atoms with van der Waals surface area (Å²) in [5.74, 6) is 2.04. The van der Waals surface area contributed by atoms with Crippen molar-refractivity contribution in [1.29, 1.82) is 5.26 Å². The molecule has 0 bridgehead atoms. The van der Waals surface area contributed by atoms with Crippen LogP contribution in [0.25, 0.3) is 0 Å². The lowest BCUT2D eigenvalue weighted by Gasteiger charge is -2.22. The molecule has 15 heavy (non-hydrogen) atoms. The van der Waals surface area contributed by atoms with Gasteiger partial charge in [-0.2, -0.15) is 17.0 Å². The highest BCUT2D eigenvalue weighted by atomic mass is 32.2. The van der Waals surface area contributed by atoms with Gasteiger partial charge in [-0.3, -0.25) is 5.32 Å². The maximum atomic E-state index is 9.12. The molecule has 1 saturated carbocycles. The van der Waals surface area contributed by atoms with E-state index in [0.29, 0.717) is 6.04 Å². The standard InChI is InChI=1S/C11H20N2OS/c1-11(9-12,13-10-3-4-10)5-7-15-8-6-14-2/h10,13H,3-8H2,1-2H3. The second-order valence-electron chi connectivity index (χ2n) is 4.22. The maximum absolute atomic E-state index is 9.12. The molecule has 1 fully saturated rings. The van der Waals surface area contributed by atoms with Gasteiger partial charge in [0.15, 0.2) is 0 Å². The van der Waals surface area contributed by atoms with Crippen LogP contribution in [0.3, 0.4) is 0 Å². The van der Waals surface area contributed by atoms with Gasteiger partial charge >= 0.3 is 0 Å². The monoisotopic (exact) mass is 228 g/mol. The summed E-state index contributed by atoms with van der Waals surface area (Å²) in [4.78, 5) is 0. The molecule has 0 aromatic rings. The van der Waals surface area contributed by atoms with Crippen LogP contribution in [0.2, 0.25) is 0 Å². The minimum atomic E-state index is -0.332. The van der Waals surface area contributed by atoms with Gasteiger partial charge in [-0.05, 0) is 31.9 Å². The first kappa shape index (κ1) is 12.8. The third-order valence-electron chi connectivity index (χ3n) is 2.52. The van der Waals surface area contributed by atoms with Crippen LogP contribution in [0.5, 0.6) is 0 Å². The third-order valence-corrected chi connectivity index (χ3v) is 3.47. The molecule has 1 rings (SSSR count). The van der Waals surface area contributed by atoms with Gasteiger partial charge in [-0.1, -0.05) is 0 Å². The Kier molecular flexibility index (Phi) is 5.44. The van der Waals surface area contributed by atoms with Crippen LogP contribution in [0.1, 0.15) is 26.2 Å². The highest BCUT2D eigenvalue weighted by molar-refractivity contribution is 7.99. The van der Waals surface area contributed by atoms with Crippen LogP contribution in [0.15, 0.2) is 0 Å². The first-order chi connectivity index (χ1) is 7.20. The fraction of sp³-hybridized carbons (Fsp3) is 0.909. The summed E-state index contributed by atoms with van der Waals surface area (Å²) >= 11 is 1.85. The van der Waals surface area contributed by atoms with E-state index in [4.69, 9.17) is 10.00 Å². The lowest BCUT2D eigenvalue weighted by molar-refractivity contribution is 0.218. The smallest absolute Gasteiger partial charge is 0.104 e. The number of ether oxygens (including phenoxy) is 1. The maximum Gasteiger partial charge on any atom is 0.104 e. The Morgan fingerprint density at radius 1 is 1.53 bits per heavy atom. The number of nitriles is 1. The lowest BCUT2D eigenvalue weighted by atomic mass is 10.0. The summed E-state index contributed by atoms with van der Waals surface area (Å²) in [6.45, 7) is 2.80. The number of hydrogen-bond acceptors (Lipinski definition) is 4. The van der Waals surface area contributed by atoms with Gasteiger partial charge in [-0.15, -0.1) is 0 Å². The number of nitrogens with one attached hydrogen (secondary N) is 1. The van der Waals surface area contributed by atoms with Gasteiger partial charge in [-0.25, -0.2) is 0 Å². The average Bonchev–Trinajstić information content (AvgIpc) is 3.01. The van der Waals surface area contributed by atoms with Crippen molar-refractivity contribution in [2.45, 2.75) is 37.8 Å². The summed E-state index contributed by atoms with van der Waals surface area (Å²) in [6.07, 6.45) is 3.37. The first-order valence-electron chi connectivity index (χ1n) is 5.46. The number of thioether (sulfide) groups is 1. The van der Waals surface area contributed by atoms with Gasteiger partial charge in [0.25, 0.3) is 0 Å². The average molecular weight is 228 g/mol. The number of nitrogens with zero attached hydrogens (tertiary/aromatic N) is 1. The number of methoxy groups -OCH3 is 1. The molecule has 0 amide bonds. The van der Waals surface area contributed by atoms with Crippen molar-refractivity contribution < 1.29 is 4.74 Å². The minimum Gasteiger partial charge on any atom is -0.384 e. The van der Waals surface area contributed by atoms with Crippen LogP contribution < -0.4 is 5.32 Å². The molecule has 1 aliphatic rings. The van der Waals surface area contributed by atoms with Gasteiger partial charge in [0, 0.05) is 18.9 Å². The van der Waals surface area contributed by atoms with Crippen LogP contribution in [-0.4, -0.2) is 36.8 Å². The van der Waals surface area contributed by atoms with Gasteiger partial charge in [0.05, 0.1) is 12.7 Å². The van der Waals surface area contributed by atoms with E-state index in [1.54, 1.807) is 7.11 Å². The van der Waals surface area contributed by atoms with E-state index in [9.17, 15) is 0 Å². The molecule has 0 aromatic carbocycles. The Labute approximate surface area is 96.6 Å². The van der Waals surface area contributed by atoms with Crippen molar-refractivity contribution in [3.63, 3.8) is 0 Å². The molecule has 0 spiro atoms. The van der Waals surface area contributed by atoms with Gasteiger partial charge in [0.2, 0.25) is 0 Å². The molecular formula is C11H20N2OS. The quantitative estimate of drug-likeness (QED) is 0.643. The zero-order valence-electron chi connectivity index (χ0n) is 9.58. The van der Waals surface area contributed by atoms with E-state index in [-0.39, 0.29) is 5.54 Å². The zero-order valence-corrected chi connectivity index (χ0v) is 10.4. The summed E-state index contributed by atoms with van der Waals surface area (Å²) in [5.41, 5.74) is -0.332. The van der Waals surface area contributed by atoms with E-state index in [1.165, 1.54) is 12.8 Å². The normalized spacial score (nSPS) is 19.5. The van der Waals surface area contributed by atoms with Crippen molar-refractivity contribution in [2.75, 3.05) is 25.2 Å². The number of rotatable bonds is 8. The second kappa shape index (κ2) is 6.37. The summed E-state index contributed by atoms with van der Waals surface area (Å²) < 4.78 is 4.97. The molecular weight excluding hydrogens is 208 g/mol. The van der Waals surface area contributed by atoms with Crippen molar-refractivity contribution in [3.05, 3.63) is 0 Å². The van der Waals surface area contributed by atoms with Gasteiger partial charge in [0.1, 0.15) is 5.54 Å². The van der Waals surface area contributed by atoms with Crippen molar-refractivity contribution >= 4 is 11.8 Å². The molecule has 0 aliphatic heterocycles. The van der Waals surface area contributed by atoms with E-state index in [1.807, 2.05) is 18.7 Å². The molecule has 0 saturated heterocycles. The predicted molar refractivity (Wildman–Crippen MR) is 64.0 cm³/mol. The third kappa shape index (κ3) is 5.41. The van der Waals surface area contributed by atoms with Crippen LogP contribution in [-0.2, 0) is 4.74 Å². The van der Waals surface area contributed by atoms with E-state index < -0.39 is 0 Å². The Morgan fingerprint density at radius 3 is 2.80 bits per heavy atom. The highest BCUT2D eigenvalue weighted by Gasteiger charge is 2.31. The lowest BCUT2D eigenvalue weighted by Crippen LogP contribution is -2.42. The van der Waals surface area contributed by atoms with Crippen molar-refractivity contribution in [3.8, 4) is 6.07 Å². The van der Waals surface area contributed by atoms with E-state index in [0.717, 1.165) is 24.5 Å². The molecule has 1 atom stereocenters. The van der Waals surface area contributed by atoms with E-state index >= 15 is 0 Å². The Bertz CT molecular complexity index is 225. The molecule has 1 unspecified atom stereocenters. The molecule has 0 radical (unpaired) electrons. The van der Waals surface area contributed by atoms with Crippen LogP contribution in [0.4, 0.5) is 0 Å². The van der Waals surface area contributed by atoms with Crippen LogP contribution in [0, 0.1) is 11.3 Å². The molecule has 86 valence electrons. The minimum absolute atomic E-state index is 0.332. The fourth-order valence-electron chi connectivity index (χ4n) is 1.36. The molecule has 1 aliphatic carbocycles. The highest BCUT2D eigenvalue weighted by Crippen LogP contribution is 2.24. The fourth-order valence-corrected chi connectivity index (χ4v) is 2.40. The molecule has 0 aromatic heterocycles. The molecule has 3 nitrogen and oxygen atoms in total. The summed E-state index contributed by atoms with van der Waals surface area (Å²) in [6, 6.07) is 2.98. The summed E-state index contributed by atoms with van der Waals surface area (Å²) in [7, 11) is 1.72. The zero-order chi connectivity index (χ0) is 11.1.